The number of fused-ring (bicyclic) bond motifs is 1. The van der Waals surface area contributed by atoms with E-state index in [1.54, 1.807) is 0 Å². The van der Waals surface area contributed by atoms with Crippen LogP contribution in [0.3, 0.4) is 0 Å². The number of hydrogen-bond acceptors (Lipinski definition) is 4. The lowest BCUT2D eigenvalue weighted by molar-refractivity contribution is -0.151. The molecule has 3 rings (SSSR count). The third kappa shape index (κ3) is 3.90. The van der Waals surface area contributed by atoms with Gasteiger partial charge in [0.25, 0.3) is 0 Å². The molecule has 6 heteroatoms. The van der Waals surface area contributed by atoms with E-state index >= 15 is 0 Å². The predicted octanol–water partition coefficient (Wildman–Crippen LogP) is 5.50. The van der Waals surface area contributed by atoms with E-state index in [0.717, 1.165) is 38.5 Å². The molecule has 0 radical (unpaired) electrons. The molecule has 6 nitrogen and oxygen atoms in total. The number of azide groups is 1. The van der Waals surface area contributed by atoms with Crippen molar-refractivity contribution >= 4 is 5.97 Å². The van der Waals surface area contributed by atoms with Gasteiger partial charge in [-0.25, -0.2) is 0 Å². The molecule has 0 aromatic rings. The fraction of sp³-hybridized carbons (Fsp3) is 0.957. The first-order valence-corrected chi connectivity index (χ1v) is 11.4. The third-order valence-corrected chi connectivity index (χ3v) is 9.49. The highest BCUT2D eigenvalue weighted by Crippen LogP contribution is 2.65. The van der Waals surface area contributed by atoms with E-state index in [9.17, 15) is 9.90 Å². The van der Waals surface area contributed by atoms with E-state index in [1.807, 2.05) is 6.92 Å². The Morgan fingerprint density at radius 1 is 1.17 bits per heavy atom. The minimum absolute atomic E-state index is 0.0629. The molecule has 0 heterocycles. The first-order valence-electron chi connectivity index (χ1n) is 11.4. The van der Waals surface area contributed by atoms with Crippen LogP contribution in [0.1, 0.15) is 79.6 Å². The van der Waals surface area contributed by atoms with E-state index in [-0.39, 0.29) is 22.7 Å². The van der Waals surface area contributed by atoms with E-state index in [0.29, 0.717) is 36.8 Å². The van der Waals surface area contributed by atoms with Crippen molar-refractivity contribution in [2.45, 2.75) is 85.2 Å². The molecule has 0 unspecified atom stereocenters. The Morgan fingerprint density at radius 3 is 2.52 bits per heavy atom. The molecule has 0 spiro atoms. The van der Waals surface area contributed by atoms with Crippen molar-refractivity contribution < 1.29 is 14.6 Å². The Morgan fingerprint density at radius 2 is 1.86 bits per heavy atom. The maximum atomic E-state index is 11.5. The quantitative estimate of drug-likeness (QED) is 0.283. The summed E-state index contributed by atoms with van der Waals surface area (Å²) in [5.74, 6) is 1.83. The fourth-order valence-electron chi connectivity index (χ4n) is 7.33. The van der Waals surface area contributed by atoms with Crippen LogP contribution in [0, 0.1) is 40.4 Å². The van der Waals surface area contributed by atoms with Crippen LogP contribution in [0.5, 0.6) is 0 Å². The van der Waals surface area contributed by atoms with Gasteiger partial charge < -0.3 is 9.84 Å². The second-order valence-electron chi connectivity index (χ2n) is 10.9. The van der Waals surface area contributed by atoms with Gasteiger partial charge in [-0.3, -0.25) is 4.79 Å². The van der Waals surface area contributed by atoms with Gasteiger partial charge in [-0.1, -0.05) is 32.3 Å². The van der Waals surface area contributed by atoms with Crippen molar-refractivity contribution in [1.29, 1.82) is 0 Å². The molecule has 0 amide bonds. The maximum absolute atomic E-state index is 11.5. The highest BCUT2D eigenvalue weighted by Gasteiger charge is 2.61. The molecule has 0 bridgehead atoms. The monoisotopic (exact) mass is 405 g/mol. The second-order valence-corrected chi connectivity index (χ2v) is 10.9. The van der Waals surface area contributed by atoms with Crippen LogP contribution in [0.2, 0.25) is 0 Å². The van der Waals surface area contributed by atoms with Gasteiger partial charge in [-0.05, 0) is 91.4 Å². The second kappa shape index (κ2) is 8.11. The van der Waals surface area contributed by atoms with Gasteiger partial charge >= 0.3 is 5.97 Å². The van der Waals surface area contributed by atoms with Gasteiger partial charge in [0.05, 0.1) is 12.2 Å². The van der Waals surface area contributed by atoms with Gasteiger partial charge in [0, 0.05) is 18.4 Å². The van der Waals surface area contributed by atoms with Crippen LogP contribution >= 0.6 is 0 Å². The zero-order valence-electron chi connectivity index (χ0n) is 18.9. The van der Waals surface area contributed by atoms with Crippen molar-refractivity contribution in [3.05, 3.63) is 10.4 Å². The molecule has 29 heavy (non-hydrogen) atoms. The predicted molar refractivity (Wildman–Crippen MR) is 113 cm³/mol. The van der Waals surface area contributed by atoms with Crippen molar-refractivity contribution in [3.8, 4) is 0 Å². The summed E-state index contributed by atoms with van der Waals surface area (Å²) in [6.45, 7) is 11.4. The molecule has 3 fully saturated rings. The van der Waals surface area contributed by atoms with Crippen LogP contribution in [0.4, 0.5) is 0 Å². The fourth-order valence-corrected chi connectivity index (χ4v) is 7.33. The van der Waals surface area contributed by atoms with Gasteiger partial charge in [-0.2, -0.15) is 0 Å². The largest absolute Gasteiger partial charge is 0.466 e. The minimum atomic E-state index is -0.656. The summed E-state index contributed by atoms with van der Waals surface area (Å²) in [6.07, 6.45) is 7.25. The lowest BCUT2D eigenvalue weighted by atomic mass is 9.48. The summed E-state index contributed by atoms with van der Waals surface area (Å²) in [5, 5.41) is 15.2. The average Bonchev–Trinajstić information content (AvgIpc) is 2.90. The van der Waals surface area contributed by atoms with Crippen LogP contribution in [-0.4, -0.2) is 29.8 Å². The van der Waals surface area contributed by atoms with Gasteiger partial charge in [0.1, 0.15) is 0 Å². The minimum Gasteiger partial charge on any atom is -0.466 e. The molecule has 8 atom stereocenters. The van der Waals surface area contributed by atoms with Crippen molar-refractivity contribution in [2.75, 3.05) is 13.2 Å². The van der Waals surface area contributed by atoms with E-state index < -0.39 is 5.60 Å². The lowest BCUT2D eigenvalue weighted by Crippen LogP contribution is -2.54. The summed E-state index contributed by atoms with van der Waals surface area (Å²) in [7, 11) is 0. The molecule has 3 aliphatic carbocycles. The molecule has 3 aliphatic rings. The Hall–Kier alpha value is -1.26. The molecular formula is C23H39N3O3. The third-order valence-electron chi connectivity index (χ3n) is 9.49. The number of carbonyl (C=O) groups is 1. The number of ether oxygens (including phenoxy) is 1. The lowest BCUT2D eigenvalue weighted by Gasteiger charge is -2.58. The zero-order valence-corrected chi connectivity index (χ0v) is 18.9. The van der Waals surface area contributed by atoms with Crippen LogP contribution < -0.4 is 0 Å². The molecular weight excluding hydrogens is 366 g/mol. The molecule has 0 aromatic carbocycles. The van der Waals surface area contributed by atoms with E-state index in [4.69, 9.17) is 10.3 Å². The SMILES string of the molecule is CC(=O)OC[C@H]1C[C@@H](C)CC[C@]1(C)[C@H]1CC[C@@]2(C)[C@@H](CC[C@]2(C)O)[C@@H]1CN=[N+]=[N-]. The van der Waals surface area contributed by atoms with Crippen LogP contribution in [-0.2, 0) is 9.53 Å². The summed E-state index contributed by atoms with van der Waals surface area (Å²) < 4.78 is 5.51. The zero-order chi connectivity index (χ0) is 21.4. The number of nitrogens with zero attached hydrogens (tertiary/aromatic N) is 3. The smallest absolute Gasteiger partial charge is 0.302 e. The van der Waals surface area contributed by atoms with Crippen LogP contribution in [0.15, 0.2) is 5.11 Å². The van der Waals surface area contributed by atoms with Gasteiger partial charge in [0.2, 0.25) is 0 Å². The number of esters is 1. The number of rotatable bonds is 5. The summed E-state index contributed by atoms with van der Waals surface area (Å²) in [5.41, 5.74) is 8.33. The first kappa shape index (κ1) is 22.4. The summed E-state index contributed by atoms with van der Waals surface area (Å²) in [4.78, 5) is 14.6. The highest BCUT2D eigenvalue weighted by atomic mass is 16.5. The standard InChI is InChI=1S/C23H39N3O3/c1-15-6-9-21(3,17(12-15)14-29-16(2)27)19-7-10-22(4)20(8-11-23(22,5)28)18(19)13-25-26-24/h15,17-20,28H,6-14H2,1-5H3/t15-,17+,18+,19-,20-,21-,22-,23-/m0/s1. The summed E-state index contributed by atoms with van der Waals surface area (Å²) >= 11 is 0. The first-order chi connectivity index (χ1) is 13.5. The normalized spacial score (nSPS) is 47.2. The van der Waals surface area contributed by atoms with Gasteiger partial charge in [-0.15, -0.1) is 0 Å². The average molecular weight is 406 g/mol. The number of carbonyl (C=O) groups excluding carboxylic acids is 1. The Balaban J connectivity index is 1.93. The molecule has 1 N–H and O–H groups in total. The molecule has 0 aromatic heterocycles. The van der Waals surface area contributed by atoms with Crippen molar-refractivity contribution in [1.82, 2.24) is 0 Å². The molecule has 3 saturated carbocycles. The van der Waals surface area contributed by atoms with Crippen LogP contribution in [0.25, 0.3) is 10.4 Å². The number of aliphatic hydroxyl groups is 1. The highest BCUT2D eigenvalue weighted by molar-refractivity contribution is 5.65. The van der Waals surface area contributed by atoms with E-state index in [2.05, 4.69) is 30.8 Å². The maximum Gasteiger partial charge on any atom is 0.302 e. The summed E-state index contributed by atoms with van der Waals surface area (Å²) in [6, 6.07) is 0. The topological polar surface area (TPSA) is 95.3 Å². The molecule has 0 aliphatic heterocycles. The molecule has 164 valence electrons. The van der Waals surface area contributed by atoms with Crippen molar-refractivity contribution in [2.24, 2.45) is 45.5 Å². The Labute approximate surface area is 175 Å². The Kier molecular flexibility index (Phi) is 6.27. The number of hydrogen-bond donors (Lipinski definition) is 1. The van der Waals surface area contributed by atoms with Gasteiger partial charge in [0.15, 0.2) is 0 Å². The Bertz CT molecular complexity index is 674. The molecule has 0 saturated heterocycles. The van der Waals surface area contributed by atoms with Crippen molar-refractivity contribution in [3.63, 3.8) is 0 Å². The van der Waals surface area contributed by atoms with E-state index in [1.165, 1.54) is 13.3 Å².